The Morgan fingerprint density at radius 2 is 2.20 bits per heavy atom. The smallest absolute Gasteiger partial charge is 0.303 e. The Labute approximate surface area is 92.7 Å². The maximum Gasteiger partial charge on any atom is 0.303 e. The zero-order chi connectivity index (χ0) is 11.5. The highest BCUT2D eigenvalue weighted by molar-refractivity contribution is 6.83. The fourth-order valence-corrected chi connectivity index (χ4v) is 1.91. The molecule has 0 saturated carbocycles. The van der Waals surface area contributed by atoms with E-state index in [-0.39, 0.29) is 12.1 Å². The quantitative estimate of drug-likeness (QED) is 0.387. The average molecular weight is 222 g/mol. The molecule has 0 aromatic rings. The predicted molar refractivity (Wildman–Crippen MR) is 64.0 cm³/mol. The van der Waals surface area contributed by atoms with Gasteiger partial charge in [0.15, 0.2) is 0 Å². The molecule has 0 saturated heterocycles. The molecular formula is C12H18O2Si. The monoisotopic (exact) mass is 222 g/mol. The summed E-state index contributed by atoms with van der Waals surface area (Å²) in [5, 5.41) is 0. The molecule has 1 aliphatic carbocycles. The van der Waals surface area contributed by atoms with Gasteiger partial charge in [0.05, 0.1) is 0 Å². The van der Waals surface area contributed by atoms with Gasteiger partial charge in [-0.3, -0.25) is 4.79 Å². The van der Waals surface area contributed by atoms with Crippen molar-refractivity contribution in [3.8, 4) is 11.5 Å². The third-order valence-electron chi connectivity index (χ3n) is 2.03. The first-order valence-electron chi connectivity index (χ1n) is 5.29. The van der Waals surface area contributed by atoms with Crippen molar-refractivity contribution in [2.75, 3.05) is 0 Å². The van der Waals surface area contributed by atoms with Crippen LogP contribution in [0.4, 0.5) is 0 Å². The molecule has 1 rings (SSSR count). The van der Waals surface area contributed by atoms with Crippen LogP contribution >= 0.6 is 0 Å². The van der Waals surface area contributed by atoms with Gasteiger partial charge >= 0.3 is 5.97 Å². The van der Waals surface area contributed by atoms with Crippen LogP contribution < -0.4 is 0 Å². The number of allylic oxidation sites excluding steroid dienone is 1. The van der Waals surface area contributed by atoms with Gasteiger partial charge in [-0.15, -0.1) is 5.54 Å². The average Bonchev–Trinajstić information content (AvgIpc) is 2.46. The van der Waals surface area contributed by atoms with Gasteiger partial charge in [0.1, 0.15) is 14.2 Å². The van der Waals surface area contributed by atoms with Crippen LogP contribution in [0.1, 0.15) is 19.8 Å². The van der Waals surface area contributed by atoms with E-state index in [0.717, 1.165) is 18.4 Å². The maximum atomic E-state index is 10.9. The molecule has 1 atom stereocenters. The van der Waals surface area contributed by atoms with E-state index in [0.29, 0.717) is 0 Å². The Kier molecular flexibility index (Phi) is 3.76. The van der Waals surface area contributed by atoms with Gasteiger partial charge < -0.3 is 4.74 Å². The van der Waals surface area contributed by atoms with Gasteiger partial charge in [0.2, 0.25) is 0 Å². The van der Waals surface area contributed by atoms with Crippen LogP contribution in [-0.2, 0) is 9.53 Å². The maximum absolute atomic E-state index is 10.9. The number of hydrogen-bond acceptors (Lipinski definition) is 2. The van der Waals surface area contributed by atoms with Gasteiger partial charge in [-0.2, -0.15) is 0 Å². The van der Waals surface area contributed by atoms with Crippen LogP contribution in [0.3, 0.4) is 0 Å². The van der Waals surface area contributed by atoms with Crippen LogP contribution in [0.2, 0.25) is 19.6 Å². The number of esters is 1. The molecule has 0 aromatic carbocycles. The molecule has 0 unspecified atom stereocenters. The predicted octanol–water partition coefficient (Wildman–Crippen LogP) is 2.52. The molecule has 0 radical (unpaired) electrons. The number of rotatable bonds is 1. The van der Waals surface area contributed by atoms with Crippen molar-refractivity contribution in [2.45, 2.75) is 45.5 Å². The molecule has 0 heterocycles. The molecule has 0 aromatic heterocycles. The van der Waals surface area contributed by atoms with Crippen molar-refractivity contribution in [3.05, 3.63) is 11.6 Å². The van der Waals surface area contributed by atoms with E-state index in [1.165, 1.54) is 6.92 Å². The molecule has 0 bridgehead atoms. The van der Waals surface area contributed by atoms with Crippen molar-refractivity contribution < 1.29 is 9.53 Å². The second kappa shape index (κ2) is 4.67. The van der Waals surface area contributed by atoms with E-state index >= 15 is 0 Å². The molecular weight excluding hydrogens is 204 g/mol. The molecule has 1 aliphatic rings. The van der Waals surface area contributed by atoms with Crippen LogP contribution in [0.5, 0.6) is 0 Å². The van der Waals surface area contributed by atoms with Crippen molar-refractivity contribution in [1.82, 2.24) is 0 Å². The SMILES string of the molecule is CC(=O)O[C@@H]1CCC=C1C#C[Si](C)(C)C. The third-order valence-corrected chi connectivity index (χ3v) is 2.91. The number of hydrogen-bond donors (Lipinski definition) is 0. The molecule has 0 spiro atoms. The van der Waals surface area contributed by atoms with E-state index in [9.17, 15) is 4.79 Å². The van der Waals surface area contributed by atoms with Crippen molar-refractivity contribution in [2.24, 2.45) is 0 Å². The highest BCUT2D eigenvalue weighted by Crippen LogP contribution is 2.21. The van der Waals surface area contributed by atoms with Crippen LogP contribution in [0, 0.1) is 11.5 Å². The normalized spacial score (nSPS) is 20.3. The molecule has 0 aliphatic heterocycles. The van der Waals surface area contributed by atoms with Crippen LogP contribution in [0.15, 0.2) is 11.6 Å². The molecule has 2 nitrogen and oxygen atoms in total. The second-order valence-electron chi connectivity index (χ2n) is 4.83. The summed E-state index contributed by atoms with van der Waals surface area (Å²) in [6.45, 7) is 8.06. The van der Waals surface area contributed by atoms with Crippen molar-refractivity contribution in [3.63, 3.8) is 0 Å². The zero-order valence-electron chi connectivity index (χ0n) is 9.89. The first-order chi connectivity index (χ1) is 6.88. The molecule has 0 fully saturated rings. The van der Waals surface area contributed by atoms with E-state index in [4.69, 9.17) is 4.74 Å². The summed E-state index contributed by atoms with van der Waals surface area (Å²) < 4.78 is 5.19. The number of ether oxygens (including phenoxy) is 1. The Hall–Kier alpha value is -1.01. The van der Waals surface area contributed by atoms with Gasteiger partial charge in [0, 0.05) is 12.5 Å². The largest absolute Gasteiger partial charge is 0.457 e. The van der Waals surface area contributed by atoms with Gasteiger partial charge in [-0.05, 0) is 12.8 Å². The second-order valence-corrected chi connectivity index (χ2v) is 9.58. The first-order valence-corrected chi connectivity index (χ1v) is 8.79. The minimum atomic E-state index is -1.34. The summed E-state index contributed by atoms with van der Waals surface area (Å²) >= 11 is 0. The lowest BCUT2D eigenvalue weighted by Crippen LogP contribution is -2.18. The number of carbonyl (C=O) groups is 1. The molecule has 0 N–H and O–H groups in total. The lowest BCUT2D eigenvalue weighted by Gasteiger charge is -2.11. The Morgan fingerprint density at radius 1 is 1.53 bits per heavy atom. The van der Waals surface area contributed by atoms with E-state index in [1.54, 1.807) is 0 Å². The fraction of sp³-hybridized carbons (Fsp3) is 0.583. The highest BCUT2D eigenvalue weighted by atomic mass is 28.3. The van der Waals surface area contributed by atoms with Gasteiger partial charge in [-0.1, -0.05) is 31.6 Å². The van der Waals surface area contributed by atoms with Crippen molar-refractivity contribution in [1.29, 1.82) is 0 Å². The van der Waals surface area contributed by atoms with Crippen LogP contribution in [0.25, 0.3) is 0 Å². The lowest BCUT2D eigenvalue weighted by atomic mass is 10.2. The first kappa shape index (κ1) is 12.1. The molecule has 15 heavy (non-hydrogen) atoms. The van der Waals surface area contributed by atoms with E-state index in [2.05, 4.69) is 37.2 Å². The number of carbonyl (C=O) groups excluding carboxylic acids is 1. The molecule has 3 heteroatoms. The van der Waals surface area contributed by atoms with Gasteiger partial charge in [-0.25, -0.2) is 0 Å². The standard InChI is InChI=1S/C12H18O2Si/c1-10(13)14-12-7-5-6-11(12)8-9-15(2,3)4/h6,12H,5,7H2,1-4H3/t12-/m1/s1. The van der Waals surface area contributed by atoms with Crippen LogP contribution in [-0.4, -0.2) is 20.1 Å². The minimum absolute atomic E-state index is 0.0913. The third kappa shape index (κ3) is 4.35. The summed E-state index contributed by atoms with van der Waals surface area (Å²) in [6.07, 6.45) is 3.84. The van der Waals surface area contributed by atoms with Crippen molar-refractivity contribution >= 4 is 14.0 Å². The Bertz CT molecular complexity index is 339. The summed E-state index contributed by atoms with van der Waals surface area (Å²) in [5.74, 6) is 2.95. The summed E-state index contributed by atoms with van der Waals surface area (Å²) in [4.78, 5) is 10.9. The van der Waals surface area contributed by atoms with Gasteiger partial charge in [0.25, 0.3) is 0 Å². The minimum Gasteiger partial charge on any atom is -0.457 e. The Morgan fingerprint density at radius 3 is 2.73 bits per heavy atom. The Balaban J connectivity index is 2.68. The molecule has 82 valence electrons. The highest BCUT2D eigenvalue weighted by Gasteiger charge is 2.20. The van der Waals surface area contributed by atoms with E-state index < -0.39 is 8.07 Å². The van der Waals surface area contributed by atoms with E-state index in [1.807, 2.05) is 0 Å². The zero-order valence-corrected chi connectivity index (χ0v) is 10.9. The fourth-order valence-electron chi connectivity index (χ4n) is 1.39. The topological polar surface area (TPSA) is 26.3 Å². The summed E-state index contributed by atoms with van der Waals surface area (Å²) in [5.41, 5.74) is 4.29. The molecule has 0 amide bonds. The lowest BCUT2D eigenvalue weighted by molar-refractivity contribution is -0.144. The summed E-state index contributed by atoms with van der Waals surface area (Å²) in [7, 11) is -1.34. The summed E-state index contributed by atoms with van der Waals surface area (Å²) in [6, 6.07) is 0.